The second-order valence-corrected chi connectivity index (χ2v) is 5.44. The maximum Gasteiger partial charge on any atom is 0.331 e. The Hall–Kier alpha value is -2.60. The van der Waals surface area contributed by atoms with E-state index in [9.17, 15) is 9.59 Å². The topological polar surface area (TPSA) is 61.8 Å². The van der Waals surface area contributed by atoms with Gasteiger partial charge in [0.2, 0.25) is 5.78 Å². The number of ketones is 1. The van der Waals surface area contributed by atoms with E-state index in [0.29, 0.717) is 16.4 Å². The Labute approximate surface area is 138 Å². The number of esters is 1. The fourth-order valence-electron chi connectivity index (χ4n) is 1.78. The van der Waals surface area contributed by atoms with Gasteiger partial charge in [-0.25, -0.2) is 4.79 Å². The number of thiophene rings is 1. The lowest BCUT2D eigenvalue weighted by Crippen LogP contribution is -2.11. The Kier molecular flexibility index (Phi) is 5.94. The van der Waals surface area contributed by atoms with Crippen LogP contribution in [0, 0.1) is 0 Å². The van der Waals surface area contributed by atoms with E-state index in [1.54, 1.807) is 56.0 Å². The van der Waals surface area contributed by atoms with Crippen molar-refractivity contribution in [3.8, 4) is 11.5 Å². The third-order valence-electron chi connectivity index (χ3n) is 2.93. The van der Waals surface area contributed by atoms with Crippen LogP contribution in [-0.2, 0) is 9.53 Å². The minimum Gasteiger partial charge on any atom is -0.497 e. The standard InChI is InChI=1S/C17H16O5S/c1-20-13-8-12(9-14(10-13)21-2)5-6-17(19)22-11-15(18)16-4-3-7-23-16/h3-10H,11H2,1-2H3/b6-5+. The smallest absolute Gasteiger partial charge is 0.331 e. The maximum absolute atomic E-state index is 11.7. The van der Waals surface area contributed by atoms with Crippen LogP contribution in [0.15, 0.2) is 41.8 Å². The largest absolute Gasteiger partial charge is 0.497 e. The molecule has 23 heavy (non-hydrogen) atoms. The number of methoxy groups -OCH3 is 2. The zero-order chi connectivity index (χ0) is 16.7. The van der Waals surface area contributed by atoms with E-state index in [4.69, 9.17) is 14.2 Å². The number of hydrogen-bond donors (Lipinski definition) is 0. The van der Waals surface area contributed by atoms with Crippen LogP contribution in [0.3, 0.4) is 0 Å². The number of rotatable bonds is 7. The predicted molar refractivity (Wildman–Crippen MR) is 88.2 cm³/mol. The predicted octanol–water partition coefficient (Wildman–Crippen LogP) is 3.20. The highest BCUT2D eigenvalue weighted by atomic mass is 32.1. The number of Topliss-reactive ketones (excluding diaryl/α,β-unsaturated/α-hetero) is 1. The molecule has 0 atom stereocenters. The molecule has 0 radical (unpaired) electrons. The van der Waals surface area contributed by atoms with E-state index in [1.807, 2.05) is 0 Å². The first-order valence-electron chi connectivity index (χ1n) is 6.77. The Morgan fingerprint density at radius 2 is 1.83 bits per heavy atom. The molecule has 2 aromatic rings. The number of carbonyl (C=O) groups excluding carboxylic acids is 2. The fraction of sp³-hybridized carbons (Fsp3) is 0.176. The summed E-state index contributed by atoms with van der Waals surface area (Å²) in [7, 11) is 3.10. The van der Waals surface area contributed by atoms with Crippen molar-refractivity contribution >= 4 is 29.2 Å². The summed E-state index contributed by atoms with van der Waals surface area (Å²) in [6.45, 7) is -0.273. The molecule has 120 valence electrons. The van der Waals surface area contributed by atoms with E-state index < -0.39 is 5.97 Å². The molecule has 0 amide bonds. The minimum absolute atomic E-state index is 0.218. The molecule has 5 nitrogen and oxygen atoms in total. The van der Waals surface area contributed by atoms with Gasteiger partial charge in [0.15, 0.2) is 6.61 Å². The van der Waals surface area contributed by atoms with Gasteiger partial charge in [-0.15, -0.1) is 11.3 Å². The van der Waals surface area contributed by atoms with Gasteiger partial charge in [0.1, 0.15) is 11.5 Å². The highest BCUT2D eigenvalue weighted by Crippen LogP contribution is 2.23. The van der Waals surface area contributed by atoms with Crippen LogP contribution >= 0.6 is 11.3 Å². The van der Waals surface area contributed by atoms with Gasteiger partial charge in [-0.1, -0.05) is 6.07 Å². The Morgan fingerprint density at radius 3 is 2.39 bits per heavy atom. The number of benzene rings is 1. The average Bonchev–Trinajstić information content (AvgIpc) is 3.12. The van der Waals surface area contributed by atoms with E-state index in [2.05, 4.69) is 0 Å². The SMILES string of the molecule is COc1cc(/C=C/C(=O)OCC(=O)c2cccs2)cc(OC)c1. The van der Waals surface area contributed by atoms with Crippen LogP contribution in [0.4, 0.5) is 0 Å². The van der Waals surface area contributed by atoms with E-state index >= 15 is 0 Å². The normalized spacial score (nSPS) is 10.5. The molecular weight excluding hydrogens is 316 g/mol. The molecule has 0 N–H and O–H groups in total. The van der Waals surface area contributed by atoms with Crippen LogP contribution in [0.1, 0.15) is 15.2 Å². The summed E-state index contributed by atoms with van der Waals surface area (Å²) in [6.07, 6.45) is 2.83. The lowest BCUT2D eigenvalue weighted by atomic mass is 10.2. The number of ether oxygens (including phenoxy) is 3. The average molecular weight is 332 g/mol. The molecule has 0 saturated heterocycles. The van der Waals surface area contributed by atoms with Crippen molar-refractivity contribution in [1.29, 1.82) is 0 Å². The van der Waals surface area contributed by atoms with Gasteiger partial charge in [-0.05, 0) is 35.2 Å². The lowest BCUT2D eigenvalue weighted by molar-refractivity contribution is -0.136. The first-order chi connectivity index (χ1) is 11.1. The molecule has 1 aromatic heterocycles. The van der Waals surface area contributed by atoms with Crippen molar-refractivity contribution in [1.82, 2.24) is 0 Å². The van der Waals surface area contributed by atoms with Gasteiger partial charge in [-0.2, -0.15) is 0 Å². The fourth-order valence-corrected chi connectivity index (χ4v) is 2.43. The lowest BCUT2D eigenvalue weighted by Gasteiger charge is -2.05. The van der Waals surface area contributed by atoms with Crippen LogP contribution in [0.5, 0.6) is 11.5 Å². The maximum atomic E-state index is 11.7. The molecule has 0 spiro atoms. The van der Waals surface area contributed by atoms with Crippen molar-refractivity contribution in [2.24, 2.45) is 0 Å². The third kappa shape index (κ3) is 4.96. The molecule has 0 fully saturated rings. The Morgan fingerprint density at radius 1 is 1.13 bits per heavy atom. The van der Waals surface area contributed by atoms with Crippen molar-refractivity contribution in [2.45, 2.75) is 0 Å². The summed E-state index contributed by atoms with van der Waals surface area (Å²) >= 11 is 1.31. The molecule has 1 heterocycles. The summed E-state index contributed by atoms with van der Waals surface area (Å²) < 4.78 is 15.2. The molecule has 1 aromatic carbocycles. The monoisotopic (exact) mass is 332 g/mol. The summed E-state index contributed by atoms with van der Waals surface area (Å²) in [5.74, 6) is 0.428. The van der Waals surface area contributed by atoms with Gasteiger partial charge in [0.05, 0.1) is 19.1 Å². The molecule has 2 rings (SSSR count). The summed E-state index contributed by atoms with van der Waals surface area (Å²) in [5.41, 5.74) is 0.725. The molecule has 6 heteroatoms. The summed E-state index contributed by atoms with van der Waals surface area (Å²) in [6, 6.07) is 8.70. The molecule has 0 aliphatic rings. The molecule has 0 unspecified atom stereocenters. The highest BCUT2D eigenvalue weighted by molar-refractivity contribution is 7.12. The van der Waals surface area contributed by atoms with Crippen LogP contribution in [0.25, 0.3) is 6.08 Å². The highest BCUT2D eigenvalue weighted by Gasteiger charge is 2.09. The van der Waals surface area contributed by atoms with Crippen LogP contribution in [0.2, 0.25) is 0 Å². The second kappa shape index (κ2) is 8.14. The first kappa shape index (κ1) is 16.8. The first-order valence-corrected chi connectivity index (χ1v) is 7.65. The van der Waals surface area contributed by atoms with E-state index in [-0.39, 0.29) is 12.4 Å². The Balaban J connectivity index is 1.94. The minimum atomic E-state index is -0.586. The van der Waals surface area contributed by atoms with Gasteiger partial charge in [-0.3, -0.25) is 4.79 Å². The van der Waals surface area contributed by atoms with Crippen LogP contribution in [-0.4, -0.2) is 32.6 Å². The van der Waals surface area contributed by atoms with Gasteiger partial charge >= 0.3 is 5.97 Å². The zero-order valence-electron chi connectivity index (χ0n) is 12.8. The van der Waals surface area contributed by atoms with E-state index in [1.165, 1.54) is 17.4 Å². The van der Waals surface area contributed by atoms with Crippen LogP contribution < -0.4 is 9.47 Å². The van der Waals surface area contributed by atoms with Crippen molar-refractivity contribution in [2.75, 3.05) is 20.8 Å². The number of hydrogen-bond acceptors (Lipinski definition) is 6. The molecule has 0 aliphatic carbocycles. The zero-order valence-corrected chi connectivity index (χ0v) is 13.6. The van der Waals surface area contributed by atoms with Crippen molar-refractivity contribution < 1.29 is 23.8 Å². The van der Waals surface area contributed by atoms with E-state index in [0.717, 1.165) is 5.56 Å². The molecule has 0 saturated carbocycles. The van der Waals surface area contributed by atoms with Gasteiger partial charge in [0, 0.05) is 12.1 Å². The summed E-state index contributed by atoms with van der Waals surface area (Å²) in [4.78, 5) is 24.0. The van der Waals surface area contributed by atoms with Crippen molar-refractivity contribution in [3.05, 3.63) is 52.2 Å². The molecular formula is C17H16O5S. The molecule has 0 bridgehead atoms. The Bertz CT molecular complexity index is 682. The van der Waals surface area contributed by atoms with Crippen molar-refractivity contribution in [3.63, 3.8) is 0 Å². The third-order valence-corrected chi connectivity index (χ3v) is 3.84. The number of carbonyl (C=O) groups is 2. The second-order valence-electron chi connectivity index (χ2n) is 4.49. The summed E-state index contributed by atoms with van der Waals surface area (Å²) in [5, 5.41) is 1.80. The van der Waals surface area contributed by atoms with Gasteiger partial charge < -0.3 is 14.2 Å². The van der Waals surface area contributed by atoms with Gasteiger partial charge in [0.25, 0.3) is 0 Å². The quantitative estimate of drug-likeness (QED) is 0.443. The molecule has 0 aliphatic heterocycles.